The molecule has 5 unspecified atom stereocenters. The van der Waals surface area contributed by atoms with Gasteiger partial charge in [0.1, 0.15) is 0 Å². The first-order valence-electron chi connectivity index (χ1n) is 6.76. The second-order valence-electron chi connectivity index (χ2n) is 6.15. The van der Waals surface area contributed by atoms with Crippen molar-refractivity contribution < 1.29 is 20.1 Å². The summed E-state index contributed by atoms with van der Waals surface area (Å²) in [4.78, 5) is 11.1. The molecule has 5 atom stereocenters. The number of carbonyl (C=O) groups is 1. The minimum atomic E-state index is -0.963. The van der Waals surface area contributed by atoms with E-state index >= 15 is 0 Å². The van der Waals surface area contributed by atoms with Crippen LogP contribution in [0.25, 0.3) is 0 Å². The normalized spacial score (nSPS) is 42.2. The van der Waals surface area contributed by atoms with Crippen molar-refractivity contribution in [3.8, 4) is 0 Å². The number of aliphatic carboxylic acids is 1. The molecule has 0 aliphatic heterocycles. The van der Waals surface area contributed by atoms with Crippen molar-refractivity contribution in [3.05, 3.63) is 23.8 Å². The molecule has 0 amide bonds. The Morgan fingerprint density at radius 1 is 1.47 bits per heavy atom. The summed E-state index contributed by atoms with van der Waals surface area (Å²) < 4.78 is 0. The first-order valence-corrected chi connectivity index (χ1v) is 6.76. The molecular weight excluding hydrogens is 244 g/mol. The van der Waals surface area contributed by atoms with Gasteiger partial charge < -0.3 is 15.3 Å². The van der Waals surface area contributed by atoms with Gasteiger partial charge in [-0.15, -0.1) is 0 Å². The van der Waals surface area contributed by atoms with Crippen molar-refractivity contribution in [2.24, 2.45) is 17.3 Å². The summed E-state index contributed by atoms with van der Waals surface area (Å²) in [5.41, 5.74) is 0.830. The zero-order chi connectivity index (χ0) is 14.4. The lowest BCUT2D eigenvalue weighted by Gasteiger charge is -2.50. The predicted octanol–water partition coefficient (Wildman–Crippen LogP) is 1.73. The van der Waals surface area contributed by atoms with Gasteiger partial charge in [-0.2, -0.15) is 0 Å². The van der Waals surface area contributed by atoms with Crippen LogP contribution >= 0.6 is 0 Å². The first-order chi connectivity index (χ1) is 8.77. The van der Waals surface area contributed by atoms with E-state index in [4.69, 9.17) is 5.11 Å². The lowest BCUT2D eigenvalue weighted by atomic mass is 9.56. The number of aliphatic hydroxyl groups is 2. The van der Waals surface area contributed by atoms with Crippen molar-refractivity contribution >= 4 is 5.97 Å². The van der Waals surface area contributed by atoms with Crippen LogP contribution in [0, 0.1) is 17.3 Å². The van der Waals surface area contributed by atoms with E-state index in [2.05, 4.69) is 6.58 Å². The van der Waals surface area contributed by atoms with Crippen LogP contribution in [0.4, 0.5) is 0 Å². The van der Waals surface area contributed by atoms with Crippen molar-refractivity contribution in [3.63, 3.8) is 0 Å². The number of rotatable bonds is 2. The Morgan fingerprint density at radius 3 is 2.68 bits per heavy atom. The van der Waals surface area contributed by atoms with Gasteiger partial charge >= 0.3 is 5.97 Å². The molecule has 0 bridgehead atoms. The van der Waals surface area contributed by atoms with Crippen molar-refractivity contribution in [1.29, 1.82) is 0 Å². The summed E-state index contributed by atoms with van der Waals surface area (Å²) in [6.45, 7) is 7.63. The molecule has 19 heavy (non-hydrogen) atoms. The highest BCUT2D eigenvalue weighted by Crippen LogP contribution is 2.53. The van der Waals surface area contributed by atoms with Crippen LogP contribution in [0.3, 0.4) is 0 Å². The lowest BCUT2D eigenvalue weighted by Crippen LogP contribution is -2.48. The average Bonchev–Trinajstić information content (AvgIpc) is 2.34. The van der Waals surface area contributed by atoms with E-state index in [1.807, 2.05) is 19.9 Å². The zero-order valence-corrected chi connectivity index (χ0v) is 11.5. The second-order valence-corrected chi connectivity index (χ2v) is 6.15. The minimum absolute atomic E-state index is 0.00606. The van der Waals surface area contributed by atoms with Gasteiger partial charge in [0.25, 0.3) is 0 Å². The fourth-order valence-corrected chi connectivity index (χ4v) is 3.61. The number of carboxylic acids is 1. The second kappa shape index (κ2) is 4.76. The van der Waals surface area contributed by atoms with Gasteiger partial charge in [0, 0.05) is 12.0 Å². The number of hydrogen-bond donors (Lipinski definition) is 3. The molecule has 2 aliphatic carbocycles. The highest BCUT2D eigenvalue weighted by molar-refractivity contribution is 5.86. The van der Waals surface area contributed by atoms with Crippen LogP contribution in [0.15, 0.2) is 23.8 Å². The summed E-state index contributed by atoms with van der Waals surface area (Å²) >= 11 is 0. The smallest absolute Gasteiger partial charge is 0.331 e. The highest BCUT2D eigenvalue weighted by atomic mass is 16.4. The molecule has 1 fully saturated rings. The van der Waals surface area contributed by atoms with Crippen LogP contribution in [0.1, 0.15) is 33.1 Å². The largest absolute Gasteiger partial charge is 0.478 e. The average molecular weight is 266 g/mol. The molecule has 0 saturated heterocycles. The monoisotopic (exact) mass is 266 g/mol. The Kier molecular flexibility index (Phi) is 3.58. The Morgan fingerprint density at radius 2 is 2.11 bits per heavy atom. The van der Waals surface area contributed by atoms with E-state index in [9.17, 15) is 15.0 Å². The number of carboxylic acid groups (broad SMARTS) is 1. The van der Waals surface area contributed by atoms with Crippen LogP contribution in [-0.2, 0) is 4.79 Å². The van der Waals surface area contributed by atoms with E-state index in [-0.39, 0.29) is 22.8 Å². The standard InChI is InChI=1S/C15H22O4/c1-8(14(18)19)10-4-5-11-13(17)6-12(16)9(2)15(11,3)7-10/h5,9-10,12-13,16-17H,1,4,6-7H2,2-3H3,(H,18,19). The molecule has 0 heterocycles. The van der Waals surface area contributed by atoms with E-state index < -0.39 is 18.2 Å². The van der Waals surface area contributed by atoms with Gasteiger partial charge in [-0.1, -0.05) is 26.5 Å². The Hall–Kier alpha value is -1.13. The maximum absolute atomic E-state index is 11.1. The molecule has 0 spiro atoms. The molecule has 106 valence electrons. The van der Waals surface area contributed by atoms with Crippen LogP contribution in [0.5, 0.6) is 0 Å². The van der Waals surface area contributed by atoms with E-state index in [0.29, 0.717) is 19.3 Å². The minimum Gasteiger partial charge on any atom is -0.478 e. The fourth-order valence-electron chi connectivity index (χ4n) is 3.61. The number of aliphatic hydroxyl groups excluding tert-OH is 2. The summed E-state index contributed by atoms with van der Waals surface area (Å²) in [7, 11) is 0. The summed E-state index contributed by atoms with van der Waals surface area (Å²) in [6.07, 6.45) is 2.39. The quantitative estimate of drug-likeness (QED) is 0.525. The topological polar surface area (TPSA) is 77.8 Å². The zero-order valence-electron chi connectivity index (χ0n) is 11.5. The molecule has 1 saturated carbocycles. The van der Waals surface area contributed by atoms with E-state index in [0.717, 1.165) is 5.57 Å². The van der Waals surface area contributed by atoms with Gasteiger partial charge in [-0.05, 0) is 35.7 Å². The van der Waals surface area contributed by atoms with Gasteiger partial charge in [0.05, 0.1) is 12.2 Å². The summed E-state index contributed by atoms with van der Waals surface area (Å²) in [6, 6.07) is 0. The SMILES string of the molecule is C=C(C(=O)O)C1CC=C2C(O)CC(O)C(C)C2(C)C1. The van der Waals surface area contributed by atoms with Gasteiger partial charge in [-0.3, -0.25) is 0 Å². The van der Waals surface area contributed by atoms with Crippen molar-refractivity contribution in [2.45, 2.75) is 45.3 Å². The number of fused-ring (bicyclic) bond motifs is 1. The van der Waals surface area contributed by atoms with Gasteiger partial charge in [0.15, 0.2) is 0 Å². The first kappa shape index (κ1) is 14.3. The Bertz CT molecular complexity index is 439. The van der Waals surface area contributed by atoms with Gasteiger partial charge in [-0.25, -0.2) is 4.79 Å². The van der Waals surface area contributed by atoms with Crippen molar-refractivity contribution in [1.82, 2.24) is 0 Å². The van der Waals surface area contributed by atoms with Crippen LogP contribution in [-0.4, -0.2) is 33.5 Å². The third-order valence-corrected chi connectivity index (χ3v) is 5.13. The molecular formula is C15H22O4. The summed E-state index contributed by atoms with van der Waals surface area (Å²) in [5.74, 6) is -1.08. The third kappa shape index (κ3) is 2.23. The Labute approximate surface area is 113 Å². The predicted molar refractivity (Wildman–Crippen MR) is 71.5 cm³/mol. The molecule has 2 rings (SSSR count). The number of hydrogen-bond acceptors (Lipinski definition) is 3. The molecule has 2 aliphatic rings. The van der Waals surface area contributed by atoms with Crippen molar-refractivity contribution in [2.75, 3.05) is 0 Å². The van der Waals surface area contributed by atoms with Crippen LogP contribution in [0.2, 0.25) is 0 Å². The molecule has 3 N–H and O–H groups in total. The lowest BCUT2D eigenvalue weighted by molar-refractivity contribution is -0.133. The molecule has 0 radical (unpaired) electrons. The molecule has 4 heteroatoms. The highest BCUT2D eigenvalue weighted by Gasteiger charge is 2.49. The van der Waals surface area contributed by atoms with E-state index in [1.54, 1.807) is 0 Å². The fraction of sp³-hybridized carbons (Fsp3) is 0.667. The molecule has 0 aromatic heterocycles. The van der Waals surface area contributed by atoms with E-state index in [1.165, 1.54) is 0 Å². The van der Waals surface area contributed by atoms with Gasteiger partial charge in [0.2, 0.25) is 0 Å². The molecule has 4 nitrogen and oxygen atoms in total. The third-order valence-electron chi connectivity index (χ3n) is 5.13. The molecule has 0 aromatic carbocycles. The maximum Gasteiger partial charge on any atom is 0.331 e. The summed E-state index contributed by atoms with van der Waals surface area (Å²) in [5, 5.41) is 29.3. The Balaban J connectivity index is 2.32. The van der Waals surface area contributed by atoms with Crippen LogP contribution < -0.4 is 0 Å². The maximum atomic E-state index is 11.1. The molecule has 0 aromatic rings. The number of allylic oxidation sites excluding steroid dienone is 1.